The van der Waals surface area contributed by atoms with Gasteiger partial charge in [-0.05, 0) is 44.9 Å². The van der Waals surface area contributed by atoms with E-state index in [0.717, 1.165) is 6.07 Å². The molecule has 1 aliphatic heterocycles. The third-order valence-electron chi connectivity index (χ3n) is 3.72. The standard InChI is InChI=1S/C16H20F3NO3/c1-9(2)23-15(22)20-6-4-5-14(21)11-7-10(3)12(8-13(11)20)16(17,18)19/h7-9,15,22H,4-6H2,1-3H3. The van der Waals surface area contributed by atoms with E-state index < -0.39 is 18.2 Å². The molecular formula is C16H20F3NO3. The van der Waals surface area contributed by atoms with Gasteiger partial charge in [0.15, 0.2) is 5.78 Å². The Morgan fingerprint density at radius 2 is 1.96 bits per heavy atom. The number of aryl methyl sites for hydroxylation is 1. The maximum Gasteiger partial charge on any atom is 0.416 e. The van der Waals surface area contributed by atoms with E-state index in [4.69, 9.17) is 4.74 Å². The van der Waals surface area contributed by atoms with Crippen LogP contribution >= 0.6 is 0 Å². The van der Waals surface area contributed by atoms with Crippen LogP contribution in [0, 0.1) is 6.92 Å². The molecule has 0 radical (unpaired) electrons. The van der Waals surface area contributed by atoms with Gasteiger partial charge in [0.05, 0.1) is 17.4 Å². The molecule has 1 unspecified atom stereocenters. The minimum atomic E-state index is -4.52. The lowest BCUT2D eigenvalue weighted by molar-refractivity contribution is -0.138. The highest BCUT2D eigenvalue weighted by Gasteiger charge is 2.36. The first kappa shape index (κ1) is 17.7. The quantitative estimate of drug-likeness (QED) is 0.861. The number of ketones is 1. The van der Waals surface area contributed by atoms with Crippen molar-refractivity contribution in [2.75, 3.05) is 11.4 Å². The number of fused-ring (bicyclic) bond motifs is 1. The van der Waals surface area contributed by atoms with Gasteiger partial charge in [-0.2, -0.15) is 13.2 Å². The highest BCUT2D eigenvalue weighted by atomic mass is 19.4. The number of alkyl halides is 3. The van der Waals surface area contributed by atoms with E-state index in [1.165, 1.54) is 17.9 Å². The fourth-order valence-corrected chi connectivity index (χ4v) is 2.67. The highest BCUT2D eigenvalue weighted by Crippen LogP contribution is 2.38. The minimum Gasteiger partial charge on any atom is -0.351 e. The molecule has 1 N–H and O–H groups in total. The maximum absolute atomic E-state index is 13.2. The van der Waals surface area contributed by atoms with Gasteiger partial charge in [-0.3, -0.25) is 4.79 Å². The van der Waals surface area contributed by atoms with E-state index in [1.54, 1.807) is 13.8 Å². The Kier molecular flexibility index (Phi) is 5.01. The molecule has 1 aromatic carbocycles. The van der Waals surface area contributed by atoms with E-state index in [9.17, 15) is 23.1 Å². The second-order valence-corrected chi connectivity index (χ2v) is 5.91. The number of hydrogen-bond acceptors (Lipinski definition) is 4. The molecule has 2 rings (SSSR count). The summed E-state index contributed by atoms with van der Waals surface area (Å²) in [6.07, 6.45) is -5.57. The Balaban J connectivity index is 2.55. The number of carbonyl (C=O) groups excluding carboxylic acids is 1. The minimum absolute atomic E-state index is 0.00859. The molecule has 0 amide bonds. The highest BCUT2D eigenvalue weighted by molar-refractivity contribution is 6.02. The molecule has 1 aromatic rings. The predicted octanol–water partition coefficient (Wildman–Crippen LogP) is 3.50. The van der Waals surface area contributed by atoms with Crippen LogP contribution in [0.25, 0.3) is 0 Å². The number of aliphatic hydroxyl groups excluding tert-OH is 1. The van der Waals surface area contributed by atoms with Crippen LogP contribution < -0.4 is 4.90 Å². The van der Waals surface area contributed by atoms with Crippen LogP contribution in [-0.2, 0) is 10.9 Å². The normalized spacial score (nSPS) is 17.2. The van der Waals surface area contributed by atoms with Crippen molar-refractivity contribution in [2.45, 2.75) is 52.3 Å². The lowest BCUT2D eigenvalue weighted by Crippen LogP contribution is -2.39. The summed E-state index contributed by atoms with van der Waals surface area (Å²) >= 11 is 0. The van der Waals surface area contributed by atoms with Crippen molar-refractivity contribution < 1.29 is 27.8 Å². The van der Waals surface area contributed by atoms with Gasteiger partial charge in [0.1, 0.15) is 0 Å². The monoisotopic (exact) mass is 331 g/mol. The molecular weight excluding hydrogens is 311 g/mol. The molecule has 23 heavy (non-hydrogen) atoms. The van der Waals surface area contributed by atoms with E-state index in [0.29, 0.717) is 6.42 Å². The van der Waals surface area contributed by atoms with Crippen molar-refractivity contribution in [3.05, 3.63) is 28.8 Å². The fraction of sp³-hybridized carbons (Fsp3) is 0.562. The topological polar surface area (TPSA) is 49.8 Å². The molecule has 4 nitrogen and oxygen atoms in total. The van der Waals surface area contributed by atoms with Gasteiger partial charge in [-0.25, -0.2) is 0 Å². The average molecular weight is 331 g/mol. The third-order valence-corrected chi connectivity index (χ3v) is 3.72. The zero-order valence-electron chi connectivity index (χ0n) is 13.3. The van der Waals surface area contributed by atoms with E-state index in [-0.39, 0.29) is 41.7 Å². The maximum atomic E-state index is 13.2. The summed E-state index contributed by atoms with van der Waals surface area (Å²) in [6.45, 7) is 4.99. The van der Waals surface area contributed by atoms with Gasteiger partial charge in [0.25, 0.3) is 0 Å². The van der Waals surface area contributed by atoms with Crippen molar-refractivity contribution in [2.24, 2.45) is 0 Å². The Morgan fingerprint density at radius 1 is 1.30 bits per heavy atom. The van der Waals surface area contributed by atoms with Gasteiger partial charge in [-0.15, -0.1) is 0 Å². The summed E-state index contributed by atoms with van der Waals surface area (Å²) in [5, 5.41) is 10.2. The van der Waals surface area contributed by atoms with Crippen LogP contribution in [0.5, 0.6) is 0 Å². The Morgan fingerprint density at radius 3 is 2.52 bits per heavy atom. The smallest absolute Gasteiger partial charge is 0.351 e. The summed E-state index contributed by atoms with van der Waals surface area (Å²) < 4.78 is 44.8. The number of benzene rings is 1. The number of rotatable bonds is 3. The number of halogens is 3. The molecule has 1 atom stereocenters. The Bertz CT molecular complexity index is 599. The Hall–Kier alpha value is -1.60. The zero-order chi connectivity index (χ0) is 17.4. The van der Waals surface area contributed by atoms with E-state index >= 15 is 0 Å². The number of nitrogens with zero attached hydrogens (tertiary/aromatic N) is 1. The number of hydrogen-bond donors (Lipinski definition) is 1. The van der Waals surface area contributed by atoms with Crippen molar-refractivity contribution in [3.8, 4) is 0 Å². The largest absolute Gasteiger partial charge is 0.416 e. The number of ether oxygens (including phenoxy) is 1. The van der Waals surface area contributed by atoms with Crippen LogP contribution in [0.1, 0.15) is 48.2 Å². The molecule has 0 saturated carbocycles. The molecule has 0 aliphatic carbocycles. The predicted molar refractivity (Wildman–Crippen MR) is 79.3 cm³/mol. The number of carbonyl (C=O) groups is 1. The molecule has 1 heterocycles. The summed E-state index contributed by atoms with van der Waals surface area (Å²) in [5.41, 5.74) is -0.559. The van der Waals surface area contributed by atoms with Crippen molar-refractivity contribution >= 4 is 11.5 Å². The molecule has 0 fully saturated rings. The number of anilines is 1. The molecule has 1 aliphatic rings. The molecule has 128 valence electrons. The molecule has 0 spiro atoms. The second-order valence-electron chi connectivity index (χ2n) is 5.91. The van der Waals surface area contributed by atoms with Crippen LogP contribution in [0.15, 0.2) is 12.1 Å². The summed E-state index contributed by atoms with van der Waals surface area (Å²) in [6, 6.07) is 2.18. The zero-order valence-corrected chi connectivity index (χ0v) is 13.3. The van der Waals surface area contributed by atoms with Crippen molar-refractivity contribution in [1.82, 2.24) is 0 Å². The fourth-order valence-electron chi connectivity index (χ4n) is 2.67. The lowest BCUT2D eigenvalue weighted by Gasteiger charge is -2.31. The summed E-state index contributed by atoms with van der Waals surface area (Å²) in [5.74, 6) is -0.226. The van der Waals surface area contributed by atoms with Crippen molar-refractivity contribution in [3.63, 3.8) is 0 Å². The van der Waals surface area contributed by atoms with Gasteiger partial charge < -0.3 is 14.7 Å². The first-order valence-electron chi connectivity index (χ1n) is 7.46. The first-order chi connectivity index (χ1) is 10.6. The van der Waals surface area contributed by atoms with E-state index in [2.05, 4.69) is 0 Å². The second kappa shape index (κ2) is 6.49. The average Bonchev–Trinajstić information content (AvgIpc) is 2.56. The Labute approximate surface area is 132 Å². The molecule has 0 bridgehead atoms. The van der Waals surface area contributed by atoms with Crippen molar-refractivity contribution in [1.29, 1.82) is 0 Å². The molecule has 0 aromatic heterocycles. The summed E-state index contributed by atoms with van der Waals surface area (Å²) in [4.78, 5) is 13.5. The van der Waals surface area contributed by atoms with Gasteiger partial charge in [0.2, 0.25) is 6.41 Å². The van der Waals surface area contributed by atoms with E-state index in [1.807, 2.05) is 0 Å². The third kappa shape index (κ3) is 3.84. The van der Waals surface area contributed by atoms with Crippen LogP contribution in [0.3, 0.4) is 0 Å². The van der Waals surface area contributed by atoms with Gasteiger partial charge in [0, 0.05) is 18.5 Å². The molecule has 7 heteroatoms. The summed E-state index contributed by atoms with van der Waals surface area (Å²) in [7, 11) is 0. The van der Waals surface area contributed by atoms with Gasteiger partial charge in [-0.1, -0.05) is 0 Å². The SMILES string of the molecule is Cc1cc2c(cc1C(F)(F)F)N(C(O)OC(C)C)CCCC2=O. The molecule has 0 saturated heterocycles. The first-order valence-corrected chi connectivity index (χ1v) is 7.46. The number of aliphatic hydroxyl groups is 1. The lowest BCUT2D eigenvalue weighted by atomic mass is 9.99. The van der Waals surface area contributed by atoms with Gasteiger partial charge >= 0.3 is 6.18 Å². The van der Waals surface area contributed by atoms with Crippen LogP contribution in [-0.4, -0.2) is 30.0 Å². The number of Topliss-reactive ketones (excluding diaryl/α,β-unsaturated/α-hetero) is 1. The van der Waals surface area contributed by atoms with Crippen LogP contribution in [0.4, 0.5) is 18.9 Å². The van der Waals surface area contributed by atoms with Crippen LogP contribution in [0.2, 0.25) is 0 Å².